The monoisotopic (exact) mass is 243 g/mol. The number of rotatable bonds is 3. The molecule has 0 fully saturated rings. The average Bonchev–Trinajstić information content (AvgIpc) is 2.27. The molecule has 9 heteroatoms. The molecule has 1 aliphatic carbocycles. The zero-order valence-corrected chi connectivity index (χ0v) is 8.73. The molecule has 0 saturated heterocycles. The zero-order chi connectivity index (χ0) is 13.2. The van der Waals surface area contributed by atoms with Crippen LogP contribution in [0.15, 0.2) is 23.9 Å². The predicted molar refractivity (Wildman–Crippen MR) is 53.9 cm³/mol. The van der Waals surface area contributed by atoms with Gasteiger partial charge in [-0.25, -0.2) is 4.79 Å². The Bertz CT molecular complexity index is 443. The van der Waals surface area contributed by atoms with Crippen molar-refractivity contribution in [2.24, 2.45) is 5.73 Å². The first-order chi connectivity index (χ1) is 7.87. The maximum absolute atomic E-state index is 11.5. The van der Waals surface area contributed by atoms with Crippen molar-refractivity contribution in [3.8, 4) is 0 Å². The third-order valence-electron chi connectivity index (χ3n) is 2.44. The molecule has 0 heterocycles. The van der Waals surface area contributed by atoms with Gasteiger partial charge in [-0.1, -0.05) is 6.08 Å². The largest absolute Gasteiger partial charge is 0.463 e. The maximum Gasteiger partial charge on any atom is 0.391 e. The molecule has 0 bridgehead atoms. The Labute approximate surface area is 94.8 Å². The number of carbonyl (C=O) groups is 1. The van der Waals surface area contributed by atoms with Crippen LogP contribution in [0.3, 0.4) is 0 Å². The first-order valence-corrected chi connectivity index (χ1v) is 4.40. The lowest BCUT2D eigenvalue weighted by Gasteiger charge is -2.25. The topological polar surface area (TPSA) is 139 Å². The summed E-state index contributed by atoms with van der Waals surface area (Å²) >= 11 is 0. The molecular weight excluding hydrogens is 234 g/mol. The summed E-state index contributed by atoms with van der Waals surface area (Å²) in [5, 5.41) is 21.6. The molecule has 17 heavy (non-hydrogen) atoms. The van der Waals surface area contributed by atoms with E-state index in [9.17, 15) is 25.0 Å². The van der Waals surface area contributed by atoms with E-state index in [-0.39, 0.29) is 0 Å². The molecule has 0 radical (unpaired) electrons. The van der Waals surface area contributed by atoms with Crippen molar-refractivity contribution in [2.45, 2.75) is 11.6 Å². The summed E-state index contributed by atoms with van der Waals surface area (Å²) in [6.45, 7) is 0. The van der Waals surface area contributed by atoms with Crippen molar-refractivity contribution in [1.82, 2.24) is 0 Å². The summed E-state index contributed by atoms with van der Waals surface area (Å²) in [7, 11) is 0.943. The van der Waals surface area contributed by atoms with E-state index in [2.05, 4.69) is 4.74 Å². The van der Waals surface area contributed by atoms with Crippen molar-refractivity contribution in [3.05, 3.63) is 44.2 Å². The smallest absolute Gasteiger partial charge is 0.391 e. The van der Waals surface area contributed by atoms with Crippen LogP contribution in [-0.2, 0) is 9.53 Å². The van der Waals surface area contributed by atoms with Gasteiger partial charge in [0.25, 0.3) is 5.70 Å². The Morgan fingerprint density at radius 2 is 2.12 bits per heavy atom. The highest BCUT2D eigenvalue weighted by Gasteiger charge is 2.61. The predicted octanol–water partition coefficient (Wildman–Crippen LogP) is -0.767. The van der Waals surface area contributed by atoms with Gasteiger partial charge in [-0.15, -0.1) is 0 Å². The number of ether oxygens (including phenoxy) is 1. The molecule has 2 N–H and O–H groups in total. The molecular formula is C8H9N3O6. The molecule has 0 aromatic rings. The van der Waals surface area contributed by atoms with E-state index in [1.54, 1.807) is 0 Å². The number of hydrogen-bond acceptors (Lipinski definition) is 7. The highest BCUT2D eigenvalue weighted by molar-refractivity contribution is 5.84. The van der Waals surface area contributed by atoms with Crippen molar-refractivity contribution in [2.75, 3.05) is 7.11 Å². The van der Waals surface area contributed by atoms with Crippen LogP contribution in [0.25, 0.3) is 0 Å². The number of nitro groups is 2. The quantitative estimate of drug-likeness (QED) is 0.390. The molecule has 1 aliphatic rings. The maximum atomic E-state index is 11.5. The highest BCUT2D eigenvalue weighted by Crippen LogP contribution is 2.27. The van der Waals surface area contributed by atoms with E-state index >= 15 is 0 Å². The molecule has 0 spiro atoms. The Kier molecular flexibility index (Phi) is 3.23. The lowest BCUT2D eigenvalue weighted by atomic mass is 9.85. The van der Waals surface area contributed by atoms with E-state index in [4.69, 9.17) is 5.73 Å². The van der Waals surface area contributed by atoms with Gasteiger partial charge in [0, 0.05) is 17.1 Å². The summed E-state index contributed by atoms with van der Waals surface area (Å²) < 4.78 is 4.29. The molecule has 2 atom stereocenters. The van der Waals surface area contributed by atoms with E-state index in [1.807, 2.05) is 0 Å². The molecule has 0 saturated carbocycles. The molecule has 9 nitrogen and oxygen atoms in total. The summed E-state index contributed by atoms with van der Waals surface area (Å²) in [5.41, 5.74) is 2.36. The molecule has 92 valence electrons. The van der Waals surface area contributed by atoms with Gasteiger partial charge < -0.3 is 10.5 Å². The normalized spacial score (nSPS) is 27.2. The van der Waals surface area contributed by atoms with E-state index in [0.717, 1.165) is 25.3 Å². The third-order valence-corrected chi connectivity index (χ3v) is 2.44. The van der Waals surface area contributed by atoms with Crippen LogP contribution >= 0.6 is 0 Å². The number of hydrogen-bond donors (Lipinski definition) is 1. The van der Waals surface area contributed by atoms with E-state index in [1.165, 1.54) is 0 Å². The number of allylic oxidation sites excluding steroid dienone is 2. The van der Waals surface area contributed by atoms with E-state index in [0.29, 0.717) is 0 Å². The fourth-order valence-electron chi connectivity index (χ4n) is 1.51. The SMILES string of the molecule is COC(=O)C1([N+](=O)[O-])C=CC=C([N+](=O)[O-])C1N. The van der Waals surface area contributed by atoms with E-state index < -0.39 is 33.1 Å². The minimum absolute atomic E-state index is 0.616. The summed E-state index contributed by atoms with van der Waals surface area (Å²) in [6.07, 6.45) is 2.94. The van der Waals surface area contributed by atoms with Gasteiger partial charge in [0.15, 0.2) is 6.04 Å². The van der Waals surface area contributed by atoms with Crippen LogP contribution in [0, 0.1) is 20.2 Å². The molecule has 0 aliphatic heterocycles. The Hall–Kier alpha value is -2.29. The van der Waals surface area contributed by atoms with Crippen LogP contribution in [0.1, 0.15) is 0 Å². The van der Waals surface area contributed by atoms with Crippen LogP contribution in [0.5, 0.6) is 0 Å². The zero-order valence-electron chi connectivity index (χ0n) is 8.73. The second-order valence-corrected chi connectivity index (χ2v) is 3.26. The fraction of sp³-hybridized carbons (Fsp3) is 0.375. The van der Waals surface area contributed by atoms with Gasteiger partial charge in [-0.2, -0.15) is 0 Å². The number of nitrogens with zero attached hydrogens (tertiary/aromatic N) is 2. The van der Waals surface area contributed by atoms with Crippen LogP contribution < -0.4 is 5.73 Å². The van der Waals surface area contributed by atoms with Crippen molar-refractivity contribution in [1.29, 1.82) is 0 Å². The number of methoxy groups -OCH3 is 1. The average molecular weight is 243 g/mol. The first-order valence-electron chi connectivity index (χ1n) is 4.40. The lowest BCUT2D eigenvalue weighted by molar-refractivity contribution is -0.550. The van der Waals surface area contributed by atoms with Gasteiger partial charge in [-0.05, 0) is 0 Å². The number of carbonyl (C=O) groups excluding carboxylic acids is 1. The van der Waals surface area contributed by atoms with Crippen molar-refractivity contribution >= 4 is 5.97 Å². The fourth-order valence-corrected chi connectivity index (χ4v) is 1.51. The van der Waals surface area contributed by atoms with Crippen LogP contribution in [0.4, 0.5) is 0 Å². The third kappa shape index (κ3) is 1.76. The summed E-state index contributed by atoms with van der Waals surface area (Å²) in [4.78, 5) is 31.2. The van der Waals surface area contributed by atoms with Crippen molar-refractivity contribution in [3.63, 3.8) is 0 Å². The molecule has 2 unspecified atom stereocenters. The van der Waals surface area contributed by atoms with Crippen molar-refractivity contribution < 1.29 is 19.4 Å². The molecule has 0 amide bonds. The van der Waals surface area contributed by atoms with Crippen LogP contribution in [-0.4, -0.2) is 34.5 Å². The van der Waals surface area contributed by atoms with Gasteiger partial charge >= 0.3 is 11.5 Å². The molecule has 1 rings (SSSR count). The minimum Gasteiger partial charge on any atom is -0.463 e. The Morgan fingerprint density at radius 1 is 1.53 bits per heavy atom. The minimum atomic E-state index is -2.45. The molecule has 0 aromatic heterocycles. The summed E-state index contributed by atoms with van der Waals surface area (Å²) in [6, 6.07) is -1.70. The number of nitrogens with two attached hydrogens (primary N) is 1. The molecule has 0 aromatic carbocycles. The van der Waals surface area contributed by atoms with Gasteiger partial charge in [0.2, 0.25) is 0 Å². The van der Waals surface area contributed by atoms with Crippen LogP contribution in [0.2, 0.25) is 0 Å². The summed E-state index contributed by atoms with van der Waals surface area (Å²) in [5.74, 6) is -1.25. The first kappa shape index (κ1) is 12.8. The van der Waals surface area contributed by atoms with Gasteiger partial charge in [0.1, 0.15) is 0 Å². The second kappa shape index (κ2) is 4.29. The number of esters is 1. The second-order valence-electron chi connectivity index (χ2n) is 3.26. The standard InChI is InChI=1S/C8H9N3O6/c1-17-7(12)8(11(15)16)4-2-3-5(6(8)9)10(13)14/h2-4,6H,9H2,1H3. The van der Waals surface area contributed by atoms with Gasteiger partial charge in [-0.3, -0.25) is 20.2 Å². The Morgan fingerprint density at radius 3 is 2.53 bits per heavy atom. The highest BCUT2D eigenvalue weighted by atomic mass is 16.6. The van der Waals surface area contributed by atoms with Gasteiger partial charge in [0.05, 0.1) is 12.0 Å². The lowest BCUT2D eigenvalue weighted by Crippen LogP contribution is -2.61. The Balaban J connectivity index is 3.33.